The van der Waals surface area contributed by atoms with Gasteiger partial charge in [0.2, 0.25) is 5.43 Å². The van der Waals surface area contributed by atoms with Crippen molar-refractivity contribution < 1.29 is 23.8 Å². The monoisotopic (exact) mass is 471 g/mol. The van der Waals surface area contributed by atoms with Crippen LogP contribution in [-0.4, -0.2) is 62.0 Å². The minimum absolute atomic E-state index is 0.00294. The Morgan fingerprint density at radius 1 is 1.21 bits per heavy atom. The second kappa shape index (κ2) is 8.41. The molecule has 1 unspecified atom stereocenters. The van der Waals surface area contributed by atoms with Crippen molar-refractivity contribution >= 4 is 22.8 Å². The molecule has 178 valence electrons. The van der Waals surface area contributed by atoms with E-state index in [0.717, 1.165) is 29.8 Å². The molecule has 0 bridgehead atoms. The van der Waals surface area contributed by atoms with Crippen LogP contribution in [0.5, 0.6) is 0 Å². The van der Waals surface area contributed by atoms with Crippen molar-refractivity contribution in [2.45, 2.75) is 38.0 Å². The van der Waals surface area contributed by atoms with Gasteiger partial charge in [0.05, 0.1) is 23.8 Å². The molecule has 1 saturated carbocycles. The first kappa shape index (κ1) is 22.4. The zero-order valence-electron chi connectivity index (χ0n) is 18.3. The molecule has 3 aromatic heterocycles. The van der Waals surface area contributed by atoms with E-state index in [1.165, 1.54) is 12.1 Å². The minimum atomic E-state index is -0.998. The standard InChI is InChI=1S/C23H23F2N5O4/c1-11(12-2-3-12)27-23(34)15-8-30(22-16(25)6-13(24)7-26-22)21-14(20(15)33)4-5-19(28-21)29-9-17(31)18(32)10-29/h4-8,11-12,17-18,31-32H,2-3,9-10H2,1H3,(H,27,34)/t11-,17+,18?/m1/s1. The fourth-order valence-electron chi connectivity index (χ4n) is 4.23. The van der Waals surface area contributed by atoms with E-state index in [9.17, 15) is 28.6 Å². The quantitative estimate of drug-likeness (QED) is 0.510. The molecule has 1 aliphatic carbocycles. The highest BCUT2D eigenvalue weighted by atomic mass is 19.1. The summed E-state index contributed by atoms with van der Waals surface area (Å²) in [5.74, 6) is -2.12. The van der Waals surface area contributed by atoms with Gasteiger partial charge in [-0.25, -0.2) is 18.7 Å². The fourth-order valence-corrected chi connectivity index (χ4v) is 4.23. The van der Waals surface area contributed by atoms with Crippen molar-refractivity contribution in [2.24, 2.45) is 5.92 Å². The lowest BCUT2D eigenvalue weighted by atomic mass is 10.1. The molecule has 3 aromatic rings. The number of hydrogen-bond donors (Lipinski definition) is 3. The molecule has 0 radical (unpaired) electrons. The van der Waals surface area contributed by atoms with Crippen LogP contribution in [0.3, 0.4) is 0 Å². The van der Waals surface area contributed by atoms with Crippen LogP contribution in [0.15, 0.2) is 35.4 Å². The lowest BCUT2D eigenvalue weighted by Gasteiger charge is -2.19. The van der Waals surface area contributed by atoms with E-state index in [-0.39, 0.29) is 41.5 Å². The van der Waals surface area contributed by atoms with Crippen LogP contribution < -0.4 is 15.6 Å². The van der Waals surface area contributed by atoms with Gasteiger partial charge in [0.1, 0.15) is 17.2 Å². The summed E-state index contributed by atoms with van der Waals surface area (Å²) in [6.45, 7) is 2.10. The summed E-state index contributed by atoms with van der Waals surface area (Å²) in [4.78, 5) is 36.1. The molecule has 5 rings (SSSR count). The molecule has 34 heavy (non-hydrogen) atoms. The molecule has 1 aliphatic heterocycles. The highest BCUT2D eigenvalue weighted by Crippen LogP contribution is 2.32. The van der Waals surface area contributed by atoms with Crippen molar-refractivity contribution in [1.29, 1.82) is 0 Å². The van der Waals surface area contributed by atoms with E-state index in [0.29, 0.717) is 17.8 Å². The first-order chi connectivity index (χ1) is 16.2. The van der Waals surface area contributed by atoms with E-state index in [2.05, 4.69) is 15.3 Å². The second-order valence-electron chi connectivity index (χ2n) is 8.88. The number of fused-ring (bicyclic) bond motifs is 1. The van der Waals surface area contributed by atoms with Gasteiger partial charge in [0.25, 0.3) is 5.91 Å². The van der Waals surface area contributed by atoms with Crippen LogP contribution in [0, 0.1) is 17.6 Å². The molecule has 2 aliphatic rings. The number of anilines is 1. The van der Waals surface area contributed by atoms with Crippen molar-refractivity contribution in [3.63, 3.8) is 0 Å². The Labute approximate surface area is 192 Å². The number of halogens is 2. The zero-order valence-corrected chi connectivity index (χ0v) is 18.3. The third kappa shape index (κ3) is 4.01. The molecule has 11 heteroatoms. The van der Waals surface area contributed by atoms with Crippen molar-refractivity contribution in [1.82, 2.24) is 19.9 Å². The largest absolute Gasteiger partial charge is 0.389 e. The number of aliphatic hydroxyl groups is 2. The second-order valence-corrected chi connectivity index (χ2v) is 8.88. The van der Waals surface area contributed by atoms with Gasteiger partial charge in [-0.1, -0.05) is 0 Å². The Bertz CT molecular complexity index is 1330. The molecule has 4 heterocycles. The maximum Gasteiger partial charge on any atom is 0.257 e. The number of β-amino-alcohol motifs (C(OH)–C–C–N with tert-alkyl or cyclic N) is 2. The number of aromatic nitrogens is 3. The number of carbonyl (C=O) groups is 1. The van der Waals surface area contributed by atoms with Crippen LogP contribution in [0.4, 0.5) is 14.6 Å². The Balaban J connectivity index is 1.66. The van der Waals surface area contributed by atoms with E-state index >= 15 is 0 Å². The van der Waals surface area contributed by atoms with Gasteiger partial charge in [0.15, 0.2) is 17.3 Å². The Morgan fingerprint density at radius 3 is 2.56 bits per heavy atom. The number of hydrogen-bond acceptors (Lipinski definition) is 7. The highest BCUT2D eigenvalue weighted by molar-refractivity contribution is 5.97. The number of carbonyl (C=O) groups excluding carboxylic acids is 1. The molecule has 0 aromatic carbocycles. The summed E-state index contributed by atoms with van der Waals surface area (Å²) < 4.78 is 29.4. The molecular formula is C23H23F2N5O4. The van der Waals surface area contributed by atoms with Crippen LogP contribution in [0.1, 0.15) is 30.1 Å². The molecule has 0 spiro atoms. The normalized spacial score (nSPS) is 21.1. The van der Waals surface area contributed by atoms with Crippen molar-refractivity contribution in [3.8, 4) is 5.82 Å². The lowest BCUT2D eigenvalue weighted by molar-refractivity contribution is 0.0572. The number of nitrogens with zero attached hydrogens (tertiary/aromatic N) is 4. The molecule has 1 amide bonds. The van der Waals surface area contributed by atoms with Gasteiger partial charge >= 0.3 is 0 Å². The van der Waals surface area contributed by atoms with Crippen molar-refractivity contribution in [2.75, 3.05) is 18.0 Å². The zero-order chi connectivity index (χ0) is 24.1. The SMILES string of the molecule is C[C@@H](NC(=O)c1cn(-c2ncc(F)cc2F)c2nc(N3CC(O)[C@@H](O)C3)ccc2c1=O)C1CC1. The molecule has 2 fully saturated rings. The molecular weight excluding hydrogens is 448 g/mol. The molecule has 3 N–H and O–H groups in total. The molecule has 3 atom stereocenters. The van der Waals surface area contributed by atoms with Crippen LogP contribution >= 0.6 is 0 Å². The fraction of sp³-hybridized carbons (Fsp3) is 0.391. The van der Waals surface area contributed by atoms with Gasteiger partial charge in [-0.05, 0) is 37.8 Å². The summed E-state index contributed by atoms with van der Waals surface area (Å²) >= 11 is 0. The summed E-state index contributed by atoms with van der Waals surface area (Å²) in [5.41, 5.74) is -0.801. The summed E-state index contributed by atoms with van der Waals surface area (Å²) in [5, 5.41) is 22.6. The summed E-state index contributed by atoms with van der Waals surface area (Å²) in [7, 11) is 0. The van der Waals surface area contributed by atoms with Gasteiger partial charge in [-0.15, -0.1) is 0 Å². The van der Waals surface area contributed by atoms with Crippen LogP contribution in [-0.2, 0) is 0 Å². The van der Waals surface area contributed by atoms with Crippen molar-refractivity contribution in [3.05, 3.63) is 58.0 Å². The Hall–Kier alpha value is -3.44. The highest BCUT2D eigenvalue weighted by Gasteiger charge is 2.32. The third-order valence-corrected chi connectivity index (χ3v) is 6.37. The summed E-state index contributed by atoms with van der Waals surface area (Å²) in [6, 6.07) is 3.51. The van der Waals surface area contributed by atoms with Gasteiger partial charge in [-0.3, -0.25) is 14.2 Å². The maximum atomic E-state index is 14.7. The number of aliphatic hydroxyl groups excluding tert-OH is 2. The topological polar surface area (TPSA) is 121 Å². The maximum absolute atomic E-state index is 14.7. The van der Waals surface area contributed by atoms with Crippen LogP contribution in [0.25, 0.3) is 16.9 Å². The number of nitrogens with one attached hydrogen (secondary N) is 1. The first-order valence-corrected chi connectivity index (χ1v) is 11.0. The lowest BCUT2D eigenvalue weighted by Crippen LogP contribution is -2.37. The van der Waals surface area contributed by atoms with E-state index < -0.39 is 35.2 Å². The average molecular weight is 471 g/mol. The minimum Gasteiger partial charge on any atom is -0.389 e. The smallest absolute Gasteiger partial charge is 0.257 e. The number of pyridine rings is 3. The Kier molecular flexibility index (Phi) is 5.53. The third-order valence-electron chi connectivity index (χ3n) is 6.37. The van der Waals surface area contributed by atoms with Gasteiger partial charge in [0, 0.05) is 31.4 Å². The first-order valence-electron chi connectivity index (χ1n) is 11.0. The number of rotatable bonds is 5. The predicted molar refractivity (Wildman–Crippen MR) is 119 cm³/mol. The Morgan fingerprint density at radius 2 is 1.91 bits per heavy atom. The molecule has 9 nitrogen and oxygen atoms in total. The van der Waals surface area contributed by atoms with E-state index in [4.69, 9.17) is 0 Å². The van der Waals surface area contributed by atoms with Gasteiger partial charge < -0.3 is 20.4 Å². The van der Waals surface area contributed by atoms with Gasteiger partial charge in [-0.2, -0.15) is 0 Å². The predicted octanol–water partition coefficient (Wildman–Crippen LogP) is 1.13. The van der Waals surface area contributed by atoms with E-state index in [1.807, 2.05) is 6.92 Å². The number of amides is 1. The molecule has 1 saturated heterocycles. The average Bonchev–Trinajstić information content (AvgIpc) is 3.59. The summed E-state index contributed by atoms with van der Waals surface area (Å²) in [6.07, 6.45) is 2.06. The van der Waals surface area contributed by atoms with E-state index in [1.54, 1.807) is 4.90 Å². The van der Waals surface area contributed by atoms with Crippen LogP contribution in [0.2, 0.25) is 0 Å².